The standard InChI is InChI=1S/C13H17N5O2S/c1-14-13-15-8-12(9-16-13)21(19,20)17-10-5-4-6-11(7-10)18(2)3/h4-9,17H,1-3H3,(H,14,15,16). The zero-order chi connectivity index (χ0) is 15.5. The number of hydrogen-bond acceptors (Lipinski definition) is 6. The smallest absolute Gasteiger partial charge is 0.264 e. The van der Waals surface area contributed by atoms with Gasteiger partial charge in [-0.05, 0) is 18.2 Å². The molecule has 0 saturated carbocycles. The number of sulfonamides is 1. The highest BCUT2D eigenvalue weighted by Crippen LogP contribution is 2.20. The van der Waals surface area contributed by atoms with Crippen LogP contribution in [0.5, 0.6) is 0 Å². The van der Waals surface area contributed by atoms with Crippen LogP contribution in [0.3, 0.4) is 0 Å². The van der Waals surface area contributed by atoms with Gasteiger partial charge in [-0.25, -0.2) is 18.4 Å². The number of hydrogen-bond donors (Lipinski definition) is 2. The Morgan fingerprint density at radius 3 is 2.38 bits per heavy atom. The number of anilines is 3. The number of benzene rings is 1. The van der Waals surface area contributed by atoms with Gasteiger partial charge in [-0.2, -0.15) is 0 Å². The normalized spacial score (nSPS) is 11.0. The number of rotatable bonds is 5. The van der Waals surface area contributed by atoms with Crippen molar-refractivity contribution in [3.8, 4) is 0 Å². The SMILES string of the molecule is CNc1ncc(S(=O)(=O)Nc2cccc(N(C)C)c2)cn1. The van der Waals surface area contributed by atoms with Crippen LogP contribution in [0.4, 0.5) is 17.3 Å². The average molecular weight is 307 g/mol. The van der Waals surface area contributed by atoms with Gasteiger partial charge < -0.3 is 10.2 Å². The van der Waals surface area contributed by atoms with E-state index in [1.807, 2.05) is 25.1 Å². The first-order chi connectivity index (χ1) is 9.92. The van der Waals surface area contributed by atoms with E-state index in [2.05, 4.69) is 20.0 Å². The predicted molar refractivity (Wildman–Crippen MR) is 83.2 cm³/mol. The largest absolute Gasteiger partial charge is 0.378 e. The third-order valence-electron chi connectivity index (χ3n) is 2.78. The number of nitrogens with one attached hydrogen (secondary N) is 2. The second kappa shape index (κ2) is 5.96. The first-order valence-corrected chi connectivity index (χ1v) is 7.71. The minimum Gasteiger partial charge on any atom is -0.378 e. The molecule has 0 aliphatic rings. The van der Waals surface area contributed by atoms with E-state index in [-0.39, 0.29) is 4.90 Å². The minimum atomic E-state index is -3.70. The van der Waals surface area contributed by atoms with Crippen molar-refractivity contribution in [1.29, 1.82) is 0 Å². The molecule has 2 rings (SSSR count). The van der Waals surface area contributed by atoms with Crippen molar-refractivity contribution in [2.24, 2.45) is 0 Å². The van der Waals surface area contributed by atoms with Gasteiger partial charge in [0.25, 0.3) is 10.0 Å². The summed E-state index contributed by atoms with van der Waals surface area (Å²) in [6.07, 6.45) is 2.52. The lowest BCUT2D eigenvalue weighted by Gasteiger charge is -2.14. The minimum absolute atomic E-state index is 0.0109. The van der Waals surface area contributed by atoms with Crippen molar-refractivity contribution in [3.05, 3.63) is 36.7 Å². The molecule has 7 nitrogen and oxygen atoms in total. The summed E-state index contributed by atoms with van der Waals surface area (Å²) in [6.45, 7) is 0. The van der Waals surface area contributed by atoms with Crippen molar-refractivity contribution < 1.29 is 8.42 Å². The van der Waals surface area contributed by atoms with E-state index in [1.54, 1.807) is 25.2 Å². The Bertz CT molecular complexity index is 714. The molecule has 0 saturated heterocycles. The maximum absolute atomic E-state index is 12.3. The fourth-order valence-corrected chi connectivity index (χ4v) is 2.58. The topological polar surface area (TPSA) is 87.2 Å². The highest BCUT2D eigenvalue weighted by Gasteiger charge is 2.15. The van der Waals surface area contributed by atoms with Crippen LogP contribution in [0, 0.1) is 0 Å². The molecule has 0 aliphatic carbocycles. The Balaban J connectivity index is 2.26. The van der Waals surface area contributed by atoms with Crippen molar-refractivity contribution in [2.45, 2.75) is 4.90 Å². The van der Waals surface area contributed by atoms with Gasteiger partial charge in [0, 0.05) is 26.8 Å². The molecule has 1 aromatic carbocycles. The number of aromatic nitrogens is 2. The molecule has 0 unspecified atom stereocenters. The molecule has 8 heteroatoms. The monoisotopic (exact) mass is 307 g/mol. The molecule has 112 valence electrons. The highest BCUT2D eigenvalue weighted by atomic mass is 32.2. The molecule has 0 radical (unpaired) electrons. The van der Waals surface area contributed by atoms with E-state index in [4.69, 9.17) is 0 Å². The molecular formula is C13H17N5O2S. The van der Waals surface area contributed by atoms with E-state index in [0.29, 0.717) is 11.6 Å². The molecule has 0 amide bonds. The van der Waals surface area contributed by atoms with Crippen LogP contribution in [0.15, 0.2) is 41.6 Å². The van der Waals surface area contributed by atoms with Crippen molar-refractivity contribution in [3.63, 3.8) is 0 Å². The van der Waals surface area contributed by atoms with Crippen LogP contribution in [-0.2, 0) is 10.0 Å². The molecule has 2 aromatic rings. The Morgan fingerprint density at radius 2 is 1.81 bits per heavy atom. The van der Waals surface area contributed by atoms with Gasteiger partial charge in [-0.3, -0.25) is 4.72 Å². The second-order valence-corrected chi connectivity index (χ2v) is 6.23. The maximum Gasteiger partial charge on any atom is 0.264 e. The Morgan fingerprint density at radius 1 is 1.14 bits per heavy atom. The fraction of sp³-hybridized carbons (Fsp3) is 0.231. The van der Waals surface area contributed by atoms with Crippen LogP contribution < -0.4 is 14.9 Å². The van der Waals surface area contributed by atoms with Gasteiger partial charge in [0.1, 0.15) is 4.90 Å². The predicted octanol–water partition coefficient (Wildman–Crippen LogP) is 1.39. The molecule has 0 aliphatic heterocycles. The van der Waals surface area contributed by atoms with Gasteiger partial charge >= 0.3 is 0 Å². The van der Waals surface area contributed by atoms with Crippen molar-refractivity contribution in [2.75, 3.05) is 36.1 Å². The van der Waals surface area contributed by atoms with Gasteiger partial charge in [0.05, 0.1) is 18.1 Å². The summed E-state index contributed by atoms with van der Waals surface area (Å²) in [5.41, 5.74) is 1.39. The Hall–Kier alpha value is -2.35. The lowest BCUT2D eigenvalue weighted by atomic mass is 10.3. The van der Waals surface area contributed by atoms with Gasteiger partial charge in [-0.1, -0.05) is 6.07 Å². The Kier molecular flexibility index (Phi) is 4.27. The molecule has 1 aromatic heterocycles. The second-order valence-electron chi connectivity index (χ2n) is 4.54. The molecule has 0 bridgehead atoms. The quantitative estimate of drug-likeness (QED) is 0.868. The summed E-state index contributed by atoms with van der Waals surface area (Å²) < 4.78 is 27.0. The van der Waals surface area contributed by atoms with Crippen LogP contribution in [0.2, 0.25) is 0 Å². The van der Waals surface area contributed by atoms with Gasteiger partial charge in [0.15, 0.2) is 0 Å². The molecule has 2 N–H and O–H groups in total. The van der Waals surface area contributed by atoms with Crippen LogP contribution >= 0.6 is 0 Å². The van der Waals surface area contributed by atoms with E-state index in [1.165, 1.54) is 12.4 Å². The molecule has 0 atom stereocenters. The highest BCUT2D eigenvalue weighted by molar-refractivity contribution is 7.92. The van der Waals surface area contributed by atoms with Gasteiger partial charge in [0.2, 0.25) is 5.95 Å². The molecule has 21 heavy (non-hydrogen) atoms. The van der Waals surface area contributed by atoms with E-state index >= 15 is 0 Å². The van der Waals surface area contributed by atoms with Crippen LogP contribution in [-0.4, -0.2) is 39.5 Å². The summed E-state index contributed by atoms with van der Waals surface area (Å²) in [6, 6.07) is 7.12. The summed E-state index contributed by atoms with van der Waals surface area (Å²) in [4.78, 5) is 9.70. The van der Waals surface area contributed by atoms with E-state index in [9.17, 15) is 8.42 Å². The Labute approximate surface area is 124 Å². The molecule has 0 spiro atoms. The van der Waals surface area contributed by atoms with E-state index in [0.717, 1.165) is 5.69 Å². The first-order valence-electron chi connectivity index (χ1n) is 6.22. The van der Waals surface area contributed by atoms with Gasteiger partial charge in [-0.15, -0.1) is 0 Å². The summed E-state index contributed by atoms with van der Waals surface area (Å²) in [7, 11) is 1.73. The van der Waals surface area contributed by atoms with Crippen molar-refractivity contribution in [1.82, 2.24) is 9.97 Å². The lowest BCUT2D eigenvalue weighted by molar-refractivity contribution is 0.600. The summed E-state index contributed by atoms with van der Waals surface area (Å²) in [5, 5.41) is 2.73. The number of nitrogens with zero attached hydrogens (tertiary/aromatic N) is 3. The summed E-state index contributed by atoms with van der Waals surface area (Å²) >= 11 is 0. The van der Waals surface area contributed by atoms with Crippen LogP contribution in [0.25, 0.3) is 0 Å². The summed E-state index contributed by atoms with van der Waals surface area (Å²) in [5.74, 6) is 0.364. The fourth-order valence-electron chi connectivity index (χ4n) is 1.65. The van der Waals surface area contributed by atoms with Crippen molar-refractivity contribution >= 4 is 27.3 Å². The molecular weight excluding hydrogens is 290 g/mol. The third kappa shape index (κ3) is 3.60. The van der Waals surface area contributed by atoms with E-state index < -0.39 is 10.0 Å². The zero-order valence-corrected chi connectivity index (χ0v) is 12.8. The lowest BCUT2D eigenvalue weighted by Crippen LogP contribution is -2.15. The molecule has 1 heterocycles. The van der Waals surface area contributed by atoms with Crippen LogP contribution in [0.1, 0.15) is 0 Å². The zero-order valence-electron chi connectivity index (χ0n) is 12.0. The molecule has 0 fully saturated rings. The first kappa shape index (κ1) is 15.0. The average Bonchev–Trinajstić information content (AvgIpc) is 2.47. The maximum atomic E-state index is 12.3. The third-order valence-corrected chi connectivity index (χ3v) is 4.11.